The Labute approximate surface area is 158 Å². The molecule has 5 nitrogen and oxygen atoms in total. The van der Waals surface area contributed by atoms with E-state index in [-0.39, 0.29) is 5.82 Å². The Balaban J connectivity index is 1.32. The third-order valence-corrected chi connectivity index (χ3v) is 4.88. The molecule has 1 aliphatic heterocycles. The summed E-state index contributed by atoms with van der Waals surface area (Å²) >= 11 is 0. The van der Waals surface area contributed by atoms with Crippen molar-refractivity contribution in [3.63, 3.8) is 0 Å². The molecule has 1 saturated heterocycles. The zero-order valence-electron chi connectivity index (χ0n) is 15.2. The Morgan fingerprint density at radius 3 is 2.78 bits per heavy atom. The SMILES string of the molecule is Fc1ccc(OCC2CCCN(c3ccc(Cn4ccnc4)cn3)C2)cc1. The molecule has 0 aliphatic carbocycles. The monoisotopic (exact) mass is 366 g/mol. The molecule has 1 fully saturated rings. The number of rotatable bonds is 6. The minimum atomic E-state index is -0.242. The summed E-state index contributed by atoms with van der Waals surface area (Å²) in [5, 5.41) is 0. The largest absolute Gasteiger partial charge is 0.493 e. The maximum absolute atomic E-state index is 13.0. The average molecular weight is 366 g/mol. The third kappa shape index (κ3) is 4.64. The van der Waals surface area contributed by atoms with Crippen LogP contribution in [0.5, 0.6) is 5.75 Å². The van der Waals surface area contributed by atoms with E-state index in [0.717, 1.165) is 49.6 Å². The highest BCUT2D eigenvalue weighted by molar-refractivity contribution is 5.40. The number of halogens is 1. The predicted molar refractivity (Wildman–Crippen MR) is 102 cm³/mol. The molecule has 0 spiro atoms. The summed E-state index contributed by atoms with van der Waals surface area (Å²) in [5.74, 6) is 1.93. The fourth-order valence-electron chi connectivity index (χ4n) is 3.44. The molecule has 1 atom stereocenters. The van der Waals surface area contributed by atoms with E-state index in [1.54, 1.807) is 18.3 Å². The molecule has 0 radical (unpaired) electrons. The van der Waals surface area contributed by atoms with Crippen molar-refractivity contribution >= 4 is 5.82 Å². The number of hydrogen-bond donors (Lipinski definition) is 0. The molecule has 4 rings (SSSR count). The van der Waals surface area contributed by atoms with E-state index in [4.69, 9.17) is 4.74 Å². The van der Waals surface area contributed by atoms with Gasteiger partial charge in [-0.2, -0.15) is 0 Å². The summed E-state index contributed by atoms with van der Waals surface area (Å²) in [5.41, 5.74) is 1.16. The van der Waals surface area contributed by atoms with Crippen LogP contribution in [-0.2, 0) is 6.54 Å². The average Bonchev–Trinajstić information content (AvgIpc) is 3.21. The van der Waals surface area contributed by atoms with Gasteiger partial charge >= 0.3 is 0 Å². The highest BCUT2D eigenvalue weighted by Crippen LogP contribution is 2.23. The fourth-order valence-corrected chi connectivity index (χ4v) is 3.44. The molecule has 1 aromatic carbocycles. The van der Waals surface area contributed by atoms with Crippen LogP contribution in [0.25, 0.3) is 0 Å². The number of anilines is 1. The summed E-state index contributed by atoms with van der Waals surface area (Å²) in [4.78, 5) is 11.0. The zero-order valence-corrected chi connectivity index (χ0v) is 15.2. The lowest BCUT2D eigenvalue weighted by Gasteiger charge is -2.33. The second-order valence-corrected chi connectivity index (χ2v) is 6.98. The topological polar surface area (TPSA) is 43.2 Å². The molecule has 3 heterocycles. The molecule has 140 valence electrons. The lowest BCUT2D eigenvalue weighted by atomic mass is 9.99. The van der Waals surface area contributed by atoms with Gasteiger partial charge in [0.2, 0.25) is 0 Å². The van der Waals surface area contributed by atoms with Crippen molar-refractivity contribution in [1.29, 1.82) is 0 Å². The van der Waals surface area contributed by atoms with Gasteiger partial charge in [0.1, 0.15) is 17.4 Å². The van der Waals surface area contributed by atoms with E-state index < -0.39 is 0 Å². The first kappa shape index (κ1) is 17.5. The van der Waals surface area contributed by atoms with Gasteiger partial charge in [-0.05, 0) is 48.7 Å². The van der Waals surface area contributed by atoms with Crippen LogP contribution in [0.2, 0.25) is 0 Å². The molecule has 0 N–H and O–H groups in total. The van der Waals surface area contributed by atoms with Crippen molar-refractivity contribution in [2.45, 2.75) is 19.4 Å². The van der Waals surface area contributed by atoms with Crippen molar-refractivity contribution < 1.29 is 9.13 Å². The Kier molecular flexibility index (Phi) is 5.32. The number of nitrogens with zero attached hydrogens (tertiary/aromatic N) is 4. The van der Waals surface area contributed by atoms with E-state index in [9.17, 15) is 4.39 Å². The van der Waals surface area contributed by atoms with Gasteiger partial charge in [0, 0.05) is 44.1 Å². The van der Waals surface area contributed by atoms with E-state index in [1.165, 1.54) is 12.1 Å². The van der Waals surface area contributed by atoms with Crippen LogP contribution < -0.4 is 9.64 Å². The molecule has 3 aromatic rings. The lowest BCUT2D eigenvalue weighted by molar-refractivity contribution is 0.228. The number of piperidine rings is 1. The van der Waals surface area contributed by atoms with Crippen molar-refractivity contribution in [3.8, 4) is 5.75 Å². The van der Waals surface area contributed by atoms with Crippen LogP contribution in [0.3, 0.4) is 0 Å². The highest BCUT2D eigenvalue weighted by atomic mass is 19.1. The molecular formula is C21H23FN4O. The minimum Gasteiger partial charge on any atom is -0.493 e. The van der Waals surface area contributed by atoms with E-state index in [2.05, 4.69) is 27.0 Å². The number of pyridine rings is 1. The van der Waals surface area contributed by atoms with Crippen molar-refractivity contribution in [1.82, 2.24) is 14.5 Å². The number of imidazole rings is 1. The Morgan fingerprint density at radius 2 is 2.04 bits per heavy atom. The molecule has 1 unspecified atom stereocenters. The second-order valence-electron chi connectivity index (χ2n) is 6.98. The predicted octanol–water partition coefficient (Wildman–Crippen LogP) is 3.76. The molecule has 6 heteroatoms. The first-order valence-corrected chi connectivity index (χ1v) is 9.30. The first-order valence-electron chi connectivity index (χ1n) is 9.30. The second kappa shape index (κ2) is 8.20. The van der Waals surface area contributed by atoms with Gasteiger partial charge in [-0.15, -0.1) is 0 Å². The minimum absolute atomic E-state index is 0.242. The van der Waals surface area contributed by atoms with Gasteiger partial charge in [0.25, 0.3) is 0 Å². The van der Waals surface area contributed by atoms with Gasteiger partial charge in [-0.25, -0.2) is 14.4 Å². The molecule has 0 saturated carbocycles. The molecular weight excluding hydrogens is 343 g/mol. The molecule has 27 heavy (non-hydrogen) atoms. The molecule has 0 bridgehead atoms. The first-order chi connectivity index (χ1) is 13.3. The Morgan fingerprint density at radius 1 is 1.15 bits per heavy atom. The number of aromatic nitrogens is 3. The van der Waals surface area contributed by atoms with E-state index in [1.807, 2.05) is 23.3 Å². The quantitative estimate of drug-likeness (QED) is 0.666. The van der Waals surface area contributed by atoms with Gasteiger partial charge in [0.05, 0.1) is 12.9 Å². The van der Waals surface area contributed by atoms with Crippen molar-refractivity contribution in [2.24, 2.45) is 5.92 Å². The number of ether oxygens (including phenoxy) is 1. The summed E-state index contributed by atoms with van der Waals surface area (Å²) in [6.07, 6.45) is 9.73. The maximum atomic E-state index is 13.0. The van der Waals surface area contributed by atoms with Crippen LogP contribution in [0.1, 0.15) is 18.4 Å². The van der Waals surface area contributed by atoms with Crippen molar-refractivity contribution in [2.75, 3.05) is 24.6 Å². The van der Waals surface area contributed by atoms with Crippen LogP contribution >= 0.6 is 0 Å². The number of benzene rings is 1. The summed E-state index contributed by atoms with van der Waals surface area (Å²) in [6.45, 7) is 3.36. The normalized spacial score (nSPS) is 17.1. The van der Waals surface area contributed by atoms with E-state index in [0.29, 0.717) is 12.5 Å². The van der Waals surface area contributed by atoms with Gasteiger partial charge in [-0.1, -0.05) is 6.07 Å². The van der Waals surface area contributed by atoms with Gasteiger partial charge < -0.3 is 14.2 Å². The van der Waals surface area contributed by atoms with Crippen LogP contribution in [0.15, 0.2) is 61.3 Å². The third-order valence-electron chi connectivity index (χ3n) is 4.88. The lowest BCUT2D eigenvalue weighted by Crippen LogP contribution is -2.38. The maximum Gasteiger partial charge on any atom is 0.128 e. The zero-order chi connectivity index (χ0) is 18.5. The molecule has 1 aliphatic rings. The summed E-state index contributed by atoms with van der Waals surface area (Å²) in [7, 11) is 0. The van der Waals surface area contributed by atoms with Crippen LogP contribution in [-0.4, -0.2) is 34.2 Å². The van der Waals surface area contributed by atoms with Crippen LogP contribution in [0.4, 0.5) is 10.2 Å². The Bertz CT molecular complexity index is 834. The van der Waals surface area contributed by atoms with E-state index >= 15 is 0 Å². The summed E-state index contributed by atoms with van der Waals surface area (Å²) in [6, 6.07) is 10.4. The highest BCUT2D eigenvalue weighted by Gasteiger charge is 2.21. The summed E-state index contributed by atoms with van der Waals surface area (Å²) < 4.78 is 20.8. The van der Waals surface area contributed by atoms with Gasteiger partial charge in [-0.3, -0.25) is 0 Å². The van der Waals surface area contributed by atoms with Crippen LogP contribution in [0, 0.1) is 11.7 Å². The van der Waals surface area contributed by atoms with Crippen molar-refractivity contribution in [3.05, 3.63) is 72.7 Å². The molecule has 0 amide bonds. The molecule has 2 aromatic heterocycles. The smallest absolute Gasteiger partial charge is 0.128 e. The Hall–Kier alpha value is -2.89. The van der Waals surface area contributed by atoms with Gasteiger partial charge in [0.15, 0.2) is 0 Å². The fraction of sp³-hybridized carbons (Fsp3) is 0.333. The number of hydrogen-bond acceptors (Lipinski definition) is 4. The standard InChI is InChI=1S/C21H23FN4O/c22-19-4-6-20(7-5-19)27-15-18-2-1-10-26(14-18)21-8-3-17(12-24-21)13-25-11-9-23-16-25/h3-9,11-12,16,18H,1-2,10,13-15H2.